The second-order valence-electron chi connectivity index (χ2n) is 6.75. The van der Waals surface area contributed by atoms with E-state index in [1.54, 1.807) is 42.5 Å². The number of carbonyl (C=O) groups is 1. The predicted octanol–water partition coefficient (Wildman–Crippen LogP) is 3.69. The van der Waals surface area contributed by atoms with Crippen LogP contribution in [0.5, 0.6) is 0 Å². The molecule has 0 fully saturated rings. The summed E-state index contributed by atoms with van der Waals surface area (Å²) in [7, 11) is -3.81. The molecular weight excluding hydrogens is 384 g/mol. The maximum atomic E-state index is 13.0. The summed E-state index contributed by atoms with van der Waals surface area (Å²) in [4.78, 5) is 12.5. The average molecular weight is 409 g/mol. The molecule has 0 aliphatic carbocycles. The summed E-state index contributed by atoms with van der Waals surface area (Å²) < 4.78 is 27.3. The van der Waals surface area contributed by atoms with Crippen molar-refractivity contribution in [1.82, 2.24) is 9.62 Å². The number of benzene rings is 2. The third-order valence-electron chi connectivity index (χ3n) is 4.02. The molecule has 27 heavy (non-hydrogen) atoms. The number of nitrogens with zero attached hydrogens (tertiary/aromatic N) is 1. The minimum absolute atomic E-state index is 0.0893. The third kappa shape index (κ3) is 6.65. The number of hydrogen-bond acceptors (Lipinski definition) is 3. The molecule has 0 aromatic heterocycles. The highest BCUT2D eigenvalue weighted by Crippen LogP contribution is 2.19. The van der Waals surface area contributed by atoms with Crippen molar-refractivity contribution in [1.29, 1.82) is 0 Å². The fraction of sp³-hybridized carbons (Fsp3) is 0.350. The molecule has 5 nitrogen and oxygen atoms in total. The van der Waals surface area contributed by atoms with Gasteiger partial charge in [-0.25, -0.2) is 8.42 Å². The van der Waals surface area contributed by atoms with E-state index >= 15 is 0 Å². The van der Waals surface area contributed by atoms with E-state index in [-0.39, 0.29) is 23.9 Å². The number of rotatable bonds is 9. The van der Waals surface area contributed by atoms with Gasteiger partial charge in [-0.3, -0.25) is 4.79 Å². The minimum atomic E-state index is -3.81. The molecule has 0 unspecified atom stereocenters. The highest BCUT2D eigenvalue weighted by molar-refractivity contribution is 7.89. The van der Waals surface area contributed by atoms with Crippen LogP contribution in [0.2, 0.25) is 5.02 Å². The van der Waals surface area contributed by atoms with E-state index in [2.05, 4.69) is 19.2 Å². The van der Waals surface area contributed by atoms with Gasteiger partial charge in [-0.2, -0.15) is 4.31 Å². The zero-order chi connectivity index (χ0) is 19.9. The summed E-state index contributed by atoms with van der Waals surface area (Å²) in [5, 5.41) is 3.37. The van der Waals surface area contributed by atoms with E-state index < -0.39 is 10.0 Å². The molecule has 146 valence electrons. The van der Waals surface area contributed by atoms with Crippen LogP contribution >= 0.6 is 11.6 Å². The molecule has 2 rings (SSSR count). The van der Waals surface area contributed by atoms with Gasteiger partial charge < -0.3 is 5.32 Å². The SMILES string of the molecule is CC(C)CCNC(=O)CN(Cc1ccc(Cl)cc1)S(=O)(=O)c1ccccc1. The number of amides is 1. The van der Waals surface area contributed by atoms with Crippen LogP contribution in [0.25, 0.3) is 0 Å². The number of nitrogens with one attached hydrogen (secondary N) is 1. The monoisotopic (exact) mass is 408 g/mol. The van der Waals surface area contributed by atoms with E-state index in [4.69, 9.17) is 11.6 Å². The Bertz CT molecular complexity index is 837. The molecule has 0 aliphatic rings. The first kappa shape index (κ1) is 21.4. The van der Waals surface area contributed by atoms with Gasteiger partial charge in [0.05, 0.1) is 11.4 Å². The van der Waals surface area contributed by atoms with E-state index in [0.29, 0.717) is 17.5 Å². The molecule has 1 N–H and O–H groups in total. The summed E-state index contributed by atoms with van der Waals surface area (Å²) in [5.74, 6) is 0.146. The number of carbonyl (C=O) groups excluding carboxylic acids is 1. The molecule has 1 amide bonds. The van der Waals surface area contributed by atoms with Crippen LogP contribution in [0.15, 0.2) is 59.5 Å². The van der Waals surface area contributed by atoms with Crippen molar-refractivity contribution in [3.8, 4) is 0 Å². The topological polar surface area (TPSA) is 66.5 Å². The number of hydrogen-bond donors (Lipinski definition) is 1. The quantitative estimate of drug-likeness (QED) is 0.688. The van der Waals surface area contributed by atoms with Crippen molar-refractivity contribution in [2.75, 3.05) is 13.1 Å². The minimum Gasteiger partial charge on any atom is -0.355 e. The first-order chi connectivity index (χ1) is 12.8. The first-order valence-corrected chi connectivity index (χ1v) is 10.7. The van der Waals surface area contributed by atoms with Crippen molar-refractivity contribution < 1.29 is 13.2 Å². The highest BCUT2D eigenvalue weighted by atomic mass is 35.5. The molecule has 0 saturated carbocycles. The lowest BCUT2D eigenvalue weighted by molar-refractivity contribution is -0.121. The summed E-state index contributed by atoms with van der Waals surface area (Å²) in [6.45, 7) is 4.51. The Morgan fingerprint density at radius 3 is 2.30 bits per heavy atom. The Morgan fingerprint density at radius 1 is 1.07 bits per heavy atom. The smallest absolute Gasteiger partial charge is 0.243 e. The lowest BCUT2D eigenvalue weighted by Gasteiger charge is -2.22. The molecular formula is C20H25ClN2O3S. The van der Waals surface area contributed by atoms with Crippen LogP contribution in [0, 0.1) is 5.92 Å². The molecule has 2 aromatic carbocycles. The van der Waals surface area contributed by atoms with Crippen LogP contribution in [0.3, 0.4) is 0 Å². The standard InChI is InChI=1S/C20H25ClN2O3S/c1-16(2)12-13-22-20(24)15-23(14-17-8-10-18(21)11-9-17)27(25,26)19-6-4-3-5-7-19/h3-11,16H,12-15H2,1-2H3,(H,22,24). The number of halogens is 1. The summed E-state index contributed by atoms with van der Waals surface area (Å²) >= 11 is 5.91. The molecule has 7 heteroatoms. The Kier molecular flexibility index (Phi) is 7.83. The van der Waals surface area contributed by atoms with Gasteiger partial charge in [-0.05, 0) is 42.2 Å². The second-order valence-corrected chi connectivity index (χ2v) is 9.12. The van der Waals surface area contributed by atoms with Crippen molar-refractivity contribution >= 4 is 27.5 Å². The van der Waals surface area contributed by atoms with Gasteiger partial charge in [0.25, 0.3) is 0 Å². The van der Waals surface area contributed by atoms with E-state index in [9.17, 15) is 13.2 Å². The van der Waals surface area contributed by atoms with Crippen molar-refractivity contribution in [2.24, 2.45) is 5.92 Å². The molecule has 0 atom stereocenters. The molecule has 0 bridgehead atoms. The Hall–Kier alpha value is -1.89. The Labute approximate surface area is 166 Å². The molecule has 0 radical (unpaired) electrons. The summed E-state index contributed by atoms with van der Waals surface area (Å²) in [6, 6.07) is 15.0. The van der Waals surface area contributed by atoms with Gasteiger partial charge in [0.15, 0.2) is 0 Å². The molecule has 0 saturated heterocycles. The van der Waals surface area contributed by atoms with Crippen molar-refractivity contribution in [3.05, 3.63) is 65.2 Å². The zero-order valence-corrected chi connectivity index (χ0v) is 17.1. The lowest BCUT2D eigenvalue weighted by atomic mass is 10.1. The lowest BCUT2D eigenvalue weighted by Crippen LogP contribution is -2.40. The maximum Gasteiger partial charge on any atom is 0.243 e. The Balaban J connectivity index is 2.20. The van der Waals surface area contributed by atoms with Crippen LogP contribution in [-0.4, -0.2) is 31.7 Å². The Morgan fingerprint density at radius 2 is 1.70 bits per heavy atom. The van der Waals surface area contributed by atoms with E-state index in [1.807, 2.05) is 0 Å². The van der Waals surface area contributed by atoms with Crippen LogP contribution < -0.4 is 5.32 Å². The zero-order valence-electron chi connectivity index (χ0n) is 15.6. The van der Waals surface area contributed by atoms with Gasteiger partial charge in [0.1, 0.15) is 0 Å². The van der Waals surface area contributed by atoms with Crippen LogP contribution in [-0.2, 0) is 21.4 Å². The van der Waals surface area contributed by atoms with E-state index in [0.717, 1.165) is 12.0 Å². The van der Waals surface area contributed by atoms with Crippen LogP contribution in [0.4, 0.5) is 0 Å². The number of sulfonamides is 1. The molecule has 0 heterocycles. The van der Waals surface area contributed by atoms with Gasteiger partial charge in [0.2, 0.25) is 15.9 Å². The van der Waals surface area contributed by atoms with Crippen molar-refractivity contribution in [3.63, 3.8) is 0 Å². The van der Waals surface area contributed by atoms with Gasteiger partial charge in [-0.15, -0.1) is 0 Å². The van der Waals surface area contributed by atoms with Crippen LogP contribution in [0.1, 0.15) is 25.8 Å². The fourth-order valence-electron chi connectivity index (χ4n) is 2.48. The van der Waals surface area contributed by atoms with Gasteiger partial charge in [-0.1, -0.05) is 55.8 Å². The highest BCUT2D eigenvalue weighted by Gasteiger charge is 2.26. The second kappa shape index (κ2) is 9.88. The summed E-state index contributed by atoms with van der Waals surface area (Å²) in [5.41, 5.74) is 0.758. The first-order valence-electron chi connectivity index (χ1n) is 8.85. The molecule has 2 aromatic rings. The average Bonchev–Trinajstić information content (AvgIpc) is 2.63. The van der Waals surface area contributed by atoms with E-state index in [1.165, 1.54) is 16.4 Å². The summed E-state index contributed by atoms with van der Waals surface area (Å²) in [6.07, 6.45) is 0.842. The maximum absolute atomic E-state index is 13.0. The van der Waals surface area contributed by atoms with Gasteiger partial charge in [0, 0.05) is 18.1 Å². The fourth-order valence-corrected chi connectivity index (χ4v) is 4.01. The third-order valence-corrected chi connectivity index (χ3v) is 6.07. The largest absolute Gasteiger partial charge is 0.355 e. The normalized spacial score (nSPS) is 11.7. The predicted molar refractivity (Wildman–Crippen MR) is 108 cm³/mol. The molecule has 0 spiro atoms. The van der Waals surface area contributed by atoms with Crippen molar-refractivity contribution in [2.45, 2.75) is 31.7 Å². The van der Waals surface area contributed by atoms with Gasteiger partial charge >= 0.3 is 0 Å². The molecule has 0 aliphatic heterocycles.